The zero-order chi connectivity index (χ0) is 12.1. The lowest BCUT2D eigenvalue weighted by Gasteiger charge is -2.12. The van der Waals surface area contributed by atoms with Crippen LogP contribution >= 0.6 is 15.9 Å². The first-order valence-corrected chi connectivity index (χ1v) is 6.60. The predicted octanol–water partition coefficient (Wildman–Crippen LogP) is 4.08. The van der Waals surface area contributed by atoms with Crippen LogP contribution in [-0.4, -0.2) is 0 Å². The van der Waals surface area contributed by atoms with Gasteiger partial charge in [0.1, 0.15) is 0 Å². The summed E-state index contributed by atoms with van der Waals surface area (Å²) < 4.78 is 1.09. The van der Waals surface area contributed by atoms with E-state index in [1.165, 1.54) is 11.1 Å². The molecule has 1 atom stereocenters. The number of aryl methyl sites for hydroxylation is 1. The molecule has 0 radical (unpaired) electrons. The highest BCUT2D eigenvalue weighted by atomic mass is 79.9. The minimum atomic E-state index is 0.114. The first-order chi connectivity index (χ1) is 8.25. The maximum Gasteiger partial charge on any atom is 0.0298 e. The molecule has 2 rings (SSSR count). The fourth-order valence-corrected chi connectivity index (χ4v) is 2.11. The molecular formula is C15H16BrN. The van der Waals surface area contributed by atoms with Crippen molar-refractivity contribution in [3.63, 3.8) is 0 Å². The standard InChI is InChI=1S/C15H16BrN/c16-14-9-7-13(8-10-14)15(17)11-6-12-4-2-1-3-5-12/h1-5,7-10,15H,6,11,17H2. The van der Waals surface area contributed by atoms with Crippen molar-refractivity contribution in [2.45, 2.75) is 18.9 Å². The zero-order valence-electron chi connectivity index (χ0n) is 9.64. The maximum atomic E-state index is 6.18. The zero-order valence-corrected chi connectivity index (χ0v) is 11.2. The second-order valence-corrected chi connectivity index (χ2v) is 5.10. The predicted molar refractivity (Wildman–Crippen MR) is 75.8 cm³/mol. The maximum absolute atomic E-state index is 6.18. The van der Waals surface area contributed by atoms with Crippen LogP contribution < -0.4 is 5.73 Å². The SMILES string of the molecule is NC(CCc1ccccc1)c1ccc(Br)cc1. The molecule has 0 amide bonds. The number of hydrogen-bond donors (Lipinski definition) is 1. The van der Waals surface area contributed by atoms with Crippen LogP contribution in [0.1, 0.15) is 23.6 Å². The van der Waals surface area contributed by atoms with E-state index in [9.17, 15) is 0 Å². The van der Waals surface area contributed by atoms with Crippen molar-refractivity contribution in [2.75, 3.05) is 0 Å². The van der Waals surface area contributed by atoms with Crippen LogP contribution in [0.25, 0.3) is 0 Å². The monoisotopic (exact) mass is 289 g/mol. The Morgan fingerprint density at radius 3 is 2.24 bits per heavy atom. The third-order valence-electron chi connectivity index (χ3n) is 2.88. The lowest BCUT2D eigenvalue weighted by molar-refractivity contribution is 0.651. The van der Waals surface area contributed by atoms with Gasteiger partial charge in [-0.15, -0.1) is 0 Å². The van der Waals surface area contributed by atoms with Gasteiger partial charge in [0.2, 0.25) is 0 Å². The highest BCUT2D eigenvalue weighted by molar-refractivity contribution is 9.10. The Balaban J connectivity index is 1.93. The van der Waals surface area contributed by atoms with E-state index in [-0.39, 0.29) is 6.04 Å². The van der Waals surface area contributed by atoms with E-state index in [1.54, 1.807) is 0 Å². The van der Waals surface area contributed by atoms with Crippen LogP contribution in [0.4, 0.5) is 0 Å². The lowest BCUT2D eigenvalue weighted by Crippen LogP contribution is -2.11. The van der Waals surface area contributed by atoms with E-state index >= 15 is 0 Å². The number of hydrogen-bond acceptors (Lipinski definition) is 1. The average Bonchev–Trinajstić information content (AvgIpc) is 2.38. The van der Waals surface area contributed by atoms with Crippen LogP contribution in [0.5, 0.6) is 0 Å². The summed E-state index contributed by atoms with van der Waals surface area (Å²) in [6, 6.07) is 18.8. The van der Waals surface area contributed by atoms with Gasteiger partial charge in [0, 0.05) is 10.5 Å². The summed E-state index contributed by atoms with van der Waals surface area (Å²) >= 11 is 3.43. The van der Waals surface area contributed by atoms with E-state index in [0.717, 1.165) is 17.3 Å². The molecule has 2 N–H and O–H groups in total. The quantitative estimate of drug-likeness (QED) is 0.902. The van der Waals surface area contributed by atoms with Gasteiger partial charge in [0.05, 0.1) is 0 Å². The van der Waals surface area contributed by atoms with Gasteiger partial charge in [-0.2, -0.15) is 0 Å². The highest BCUT2D eigenvalue weighted by Crippen LogP contribution is 2.19. The van der Waals surface area contributed by atoms with Crippen LogP contribution in [0, 0.1) is 0 Å². The summed E-state index contributed by atoms with van der Waals surface area (Å²) in [7, 11) is 0. The topological polar surface area (TPSA) is 26.0 Å². The molecule has 2 aromatic carbocycles. The Morgan fingerprint density at radius 2 is 1.59 bits per heavy atom. The Kier molecular flexibility index (Phi) is 4.35. The van der Waals surface area contributed by atoms with E-state index in [1.807, 2.05) is 18.2 Å². The molecule has 0 fully saturated rings. The fraction of sp³-hybridized carbons (Fsp3) is 0.200. The molecule has 0 aliphatic carbocycles. The van der Waals surface area contributed by atoms with Crippen LogP contribution in [0.15, 0.2) is 59.1 Å². The van der Waals surface area contributed by atoms with Crippen molar-refractivity contribution in [3.05, 3.63) is 70.2 Å². The molecule has 0 aliphatic rings. The van der Waals surface area contributed by atoms with Crippen molar-refractivity contribution in [1.29, 1.82) is 0 Å². The second kappa shape index (κ2) is 5.99. The summed E-state index contributed by atoms with van der Waals surface area (Å²) in [6.45, 7) is 0. The van der Waals surface area contributed by atoms with Crippen molar-refractivity contribution in [3.8, 4) is 0 Å². The van der Waals surface area contributed by atoms with Crippen molar-refractivity contribution in [1.82, 2.24) is 0 Å². The van der Waals surface area contributed by atoms with E-state index in [0.29, 0.717) is 0 Å². The molecule has 17 heavy (non-hydrogen) atoms. The van der Waals surface area contributed by atoms with Gasteiger partial charge in [-0.25, -0.2) is 0 Å². The lowest BCUT2D eigenvalue weighted by atomic mass is 10.00. The first kappa shape index (κ1) is 12.3. The van der Waals surface area contributed by atoms with Crippen molar-refractivity contribution in [2.24, 2.45) is 5.73 Å². The molecule has 0 spiro atoms. The van der Waals surface area contributed by atoms with Gasteiger partial charge in [-0.3, -0.25) is 0 Å². The molecule has 88 valence electrons. The van der Waals surface area contributed by atoms with Crippen molar-refractivity contribution < 1.29 is 0 Å². The average molecular weight is 290 g/mol. The minimum absolute atomic E-state index is 0.114. The number of rotatable bonds is 4. The number of halogens is 1. The van der Waals surface area contributed by atoms with Gasteiger partial charge in [0.15, 0.2) is 0 Å². The number of benzene rings is 2. The van der Waals surface area contributed by atoms with Gasteiger partial charge < -0.3 is 5.73 Å². The van der Waals surface area contributed by atoms with Gasteiger partial charge in [-0.05, 0) is 36.1 Å². The normalized spacial score (nSPS) is 12.4. The molecule has 1 unspecified atom stereocenters. The van der Waals surface area contributed by atoms with Crippen LogP contribution in [0.2, 0.25) is 0 Å². The first-order valence-electron chi connectivity index (χ1n) is 5.80. The van der Waals surface area contributed by atoms with Crippen molar-refractivity contribution >= 4 is 15.9 Å². The molecular weight excluding hydrogens is 274 g/mol. The molecule has 0 aliphatic heterocycles. The Morgan fingerprint density at radius 1 is 0.941 bits per heavy atom. The smallest absolute Gasteiger partial charge is 0.0298 e. The summed E-state index contributed by atoms with van der Waals surface area (Å²) in [5.74, 6) is 0. The van der Waals surface area contributed by atoms with E-state index in [2.05, 4.69) is 52.3 Å². The van der Waals surface area contributed by atoms with Crippen LogP contribution in [0.3, 0.4) is 0 Å². The second-order valence-electron chi connectivity index (χ2n) is 4.18. The third kappa shape index (κ3) is 3.69. The molecule has 0 aromatic heterocycles. The van der Waals surface area contributed by atoms with Crippen LogP contribution in [-0.2, 0) is 6.42 Å². The van der Waals surface area contributed by atoms with Gasteiger partial charge in [0.25, 0.3) is 0 Å². The molecule has 0 heterocycles. The molecule has 0 saturated heterocycles. The Labute approximate surface area is 111 Å². The summed E-state index contributed by atoms with van der Waals surface area (Å²) in [5.41, 5.74) is 8.72. The van der Waals surface area contributed by atoms with E-state index < -0.39 is 0 Å². The fourth-order valence-electron chi connectivity index (χ4n) is 1.84. The third-order valence-corrected chi connectivity index (χ3v) is 3.41. The summed E-state index contributed by atoms with van der Waals surface area (Å²) in [4.78, 5) is 0. The molecule has 2 aromatic rings. The van der Waals surface area contributed by atoms with Gasteiger partial charge >= 0.3 is 0 Å². The number of nitrogens with two attached hydrogens (primary N) is 1. The Hall–Kier alpha value is -1.12. The molecule has 0 bridgehead atoms. The summed E-state index contributed by atoms with van der Waals surface area (Å²) in [6.07, 6.45) is 2.00. The molecule has 2 heteroatoms. The molecule has 0 saturated carbocycles. The summed E-state index contributed by atoms with van der Waals surface area (Å²) in [5, 5.41) is 0. The minimum Gasteiger partial charge on any atom is -0.324 e. The Bertz CT molecular complexity index is 450. The molecule has 1 nitrogen and oxygen atoms in total. The van der Waals surface area contributed by atoms with E-state index in [4.69, 9.17) is 5.73 Å². The highest BCUT2D eigenvalue weighted by Gasteiger charge is 2.05. The van der Waals surface area contributed by atoms with Gasteiger partial charge in [-0.1, -0.05) is 58.4 Å². The largest absolute Gasteiger partial charge is 0.324 e.